The van der Waals surface area contributed by atoms with E-state index in [4.69, 9.17) is 16.3 Å². The molecule has 1 unspecified atom stereocenters. The molecule has 2 N–H and O–H groups in total. The lowest BCUT2D eigenvalue weighted by molar-refractivity contribution is -0.119. The number of nitrogens with one attached hydrogen (secondary N) is 1. The first-order valence-corrected chi connectivity index (χ1v) is 13.1. The Morgan fingerprint density at radius 3 is 2.72 bits per heavy atom. The number of halogens is 2. The monoisotopic (exact) mass is 538 g/mol. The number of rotatable bonds is 6. The molecule has 5 nitrogen and oxygen atoms in total. The van der Waals surface area contributed by atoms with Crippen LogP contribution in [0.3, 0.4) is 0 Å². The summed E-state index contributed by atoms with van der Waals surface area (Å²) < 4.78 is 19.6. The maximum absolute atomic E-state index is 13.7. The third kappa shape index (κ3) is 4.72. The maximum Gasteiger partial charge on any atom is 0.262 e. The van der Waals surface area contributed by atoms with Crippen molar-refractivity contribution < 1.29 is 19.0 Å². The van der Waals surface area contributed by atoms with E-state index < -0.39 is 11.4 Å². The molecule has 182 valence electrons. The van der Waals surface area contributed by atoms with E-state index in [1.165, 1.54) is 23.5 Å². The number of pyridine rings is 1. The smallest absolute Gasteiger partial charge is 0.262 e. The van der Waals surface area contributed by atoms with Crippen molar-refractivity contribution in [3.63, 3.8) is 0 Å². The van der Waals surface area contributed by atoms with Crippen molar-refractivity contribution >= 4 is 40.6 Å². The molecule has 0 fully saturated rings. The predicted octanol–water partition coefficient (Wildman–Crippen LogP) is 7.36. The number of thiophene rings is 1. The predicted molar refractivity (Wildman–Crippen MR) is 140 cm³/mol. The zero-order valence-electron chi connectivity index (χ0n) is 19.0. The van der Waals surface area contributed by atoms with Gasteiger partial charge < -0.3 is 15.2 Å². The Balaban J connectivity index is 1.52. The lowest BCUT2D eigenvalue weighted by atomic mass is 9.82. The molecule has 4 aromatic rings. The lowest BCUT2D eigenvalue weighted by Crippen LogP contribution is -2.50. The van der Waals surface area contributed by atoms with Gasteiger partial charge in [0.05, 0.1) is 10.7 Å². The number of aliphatic hydroxyl groups excluding tert-OH is 1. The first-order valence-electron chi connectivity index (χ1n) is 11.0. The van der Waals surface area contributed by atoms with E-state index in [0.717, 1.165) is 17.3 Å². The molecule has 0 saturated carbocycles. The van der Waals surface area contributed by atoms with E-state index in [-0.39, 0.29) is 28.8 Å². The Labute approximate surface area is 220 Å². The number of carbonyl (C=O) groups excluding carboxylic acids is 1. The Bertz CT molecular complexity index is 1480. The van der Waals surface area contributed by atoms with Crippen LogP contribution in [0, 0.1) is 12.7 Å². The van der Waals surface area contributed by atoms with E-state index >= 15 is 0 Å². The first kappa shape index (κ1) is 24.4. The molecule has 2 aromatic heterocycles. The number of hydrogen-bond acceptors (Lipinski definition) is 6. The zero-order valence-corrected chi connectivity index (χ0v) is 21.4. The number of thioether (sulfide) groups is 1. The van der Waals surface area contributed by atoms with E-state index in [2.05, 4.69) is 10.3 Å². The molecule has 9 heteroatoms. The number of nitrogens with zero attached hydrogens (tertiary/aromatic N) is 1. The van der Waals surface area contributed by atoms with Gasteiger partial charge >= 0.3 is 0 Å². The van der Waals surface area contributed by atoms with Crippen molar-refractivity contribution in [3.8, 4) is 11.6 Å². The van der Waals surface area contributed by atoms with E-state index in [0.29, 0.717) is 26.9 Å². The van der Waals surface area contributed by atoms with Crippen molar-refractivity contribution in [1.29, 1.82) is 0 Å². The molecule has 0 aliphatic carbocycles. The SMILES string of the molecule is Cc1cc(Oc2cccc(C3(c4ccsc4)CC(O)=C(Sc4ccccc4Cl)C(=O)N3)n2)ccc1F. The van der Waals surface area contributed by atoms with Crippen LogP contribution in [0.5, 0.6) is 11.6 Å². The third-order valence-corrected chi connectivity index (χ3v) is 8.13. The highest BCUT2D eigenvalue weighted by molar-refractivity contribution is 8.04. The number of aryl methyl sites for hydroxylation is 1. The topological polar surface area (TPSA) is 71.5 Å². The molecule has 36 heavy (non-hydrogen) atoms. The van der Waals surface area contributed by atoms with Crippen LogP contribution in [0.4, 0.5) is 4.39 Å². The maximum atomic E-state index is 13.7. The fraction of sp³-hybridized carbons (Fsp3) is 0.111. The van der Waals surface area contributed by atoms with Crippen molar-refractivity contribution in [2.75, 3.05) is 0 Å². The van der Waals surface area contributed by atoms with Crippen LogP contribution in [0.15, 0.2) is 93.0 Å². The van der Waals surface area contributed by atoms with Crippen LogP contribution in [0.2, 0.25) is 5.02 Å². The number of amides is 1. The van der Waals surface area contributed by atoms with E-state index in [1.807, 2.05) is 22.9 Å². The molecule has 0 spiro atoms. The van der Waals surface area contributed by atoms with Crippen LogP contribution in [0.1, 0.15) is 23.2 Å². The summed E-state index contributed by atoms with van der Waals surface area (Å²) in [5, 5.41) is 18.5. The van der Waals surface area contributed by atoms with Crippen LogP contribution in [-0.2, 0) is 10.3 Å². The number of benzene rings is 2. The molecule has 0 bridgehead atoms. The molecule has 1 aliphatic rings. The molecule has 1 aliphatic heterocycles. The molecule has 0 saturated heterocycles. The summed E-state index contributed by atoms with van der Waals surface area (Å²) in [7, 11) is 0. The normalized spacial score (nSPS) is 17.7. The molecule has 1 atom stereocenters. The highest BCUT2D eigenvalue weighted by atomic mass is 35.5. The second kappa shape index (κ2) is 9.97. The number of ether oxygens (including phenoxy) is 1. The number of carbonyl (C=O) groups is 1. The average Bonchev–Trinajstić information content (AvgIpc) is 3.41. The van der Waals surface area contributed by atoms with Crippen LogP contribution >= 0.6 is 34.7 Å². The molecule has 1 amide bonds. The fourth-order valence-electron chi connectivity index (χ4n) is 3.99. The second-order valence-corrected chi connectivity index (χ2v) is 10.5. The fourth-order valence-corrected chi connectivity index (χ4v) is 5.84. The average molecular weight is 539 g/mol. The lowest BCUT2D eigenvalue weighted by Gasteiger charge is -2.37. The van der Waals surface area contributed by atoms with Crippen molar-refractivity contribution in [2.24, 2.45) is 0 Å². The Morgan fingerprint density at radius 1 is 1.17 bits per heavy atom. The second-order valence-electron chi connectivity index (χ2n) is 8.23. The quantitative estimate of drug-likeness (QED) is 0.268. The minimum absolute atomic E-state index is 0.0582. The van der Waals surface area contributed by atoms with Gasteiger partial charge in [-0.05, 0) is 71.3 Å². The molecule has 2 aromatic carbocycles. The van der Waals surface area contributed by atoms with Gasteiger partial charge in [-0.1, -0.05) is 41.6 Å². The third-order valence-electron chi connectivity index (χ3n) is 5.80. The molecule has 0 radical (unpaired) electrons. The zero-order chi connectivity index (χ0) is 25.3. The number of aromatic nitrogens is 1. The van der Waals surface area contributed by atoms with Gasteiger partial charge in [-0.2, -0.15) is 11.3 Å². The highest BCUT2D eigenvalue weighted by Crippen LogP contribution is 2.44. The van der Waals surface area contributed by atoms with E-state index in [1.54, 1.807) is 49.4 Å². The van der Waals surface area contributed by atoms with Crippen LogP contribution < -0.4 is 10.1 Å². The van der Waals surface area contributed by atoms with Crippen LogP contribution in [-0.4, -0.2) is 16.0 Å². The minimum atomic E-state index is -1.11. The van der Waals surface area contributed by atoms with Gasteiger partial charge in [-0.3, -0.25) is 4.79 Å². The van der Waals surface area contributed by atoms with Crippen molar-refractivity contribution in [2.45, 2.75) is 23.8 Å². The van der Waals surface area contributed by atoms with Gasteiger partial charge in [-0.15, -0.1) is 0 Å². The Hall–Kier alpha value is -3.33. The molecule has 3 heterocycles. The Kier molecular flexibility index (Phi) is 6.75. The largest absolute Gasteiger partial charge is 0.511 e. The van der Waals surface area contributed by atoms with Gasteiger partial charge in [0.1, 0.15) is 27.8 Å². The minimum Gasteiger partial charge on any atom is -0.511 e. The molecular formula is C27H20ClFN2O3S2. The first-order chi connectivity index (χ1) is 17.4. The van der Waals surface area contributed by atoms with Crippen molar-refractivity contribution in [3.05, 3.63) is 116 Å². The van der Waals surface area contributed by atoms with Gasteiger partial charge in [0.25, 0.3) is 5.91 Å². The van der Waals surface area contributed by atoms with Gasteiger partial charge in [0.15, 0.2) is 0 Å². The Morgan fingerprint density at radius 2 is 2.00 bits per heavy atom. The van der Waals surface area contributed by atoms with E-state index in [9.17, 15) is 14.3 Å². The van der Waals surface area contributed by atoms with Gasteiger partial charge in [0.2, 0.25) is 5.88 Å². The van der Waals surface area contributed by atoms with Crippen molar-refractivity contribution in [1.82, 2.24) is 10.3 Å². The summed E-state index contributed by atoms with van der Waals surface area (Å²) >= 11 is 8.87. The van der Waals surface area contributed by atoms with Gasteiger partial charge in [0, 0.05) is 17.4 Å². The number of aliphatic hydroxyl groups is 1. The van der Waals surface area contributed by atoms with Gasteiger partial charge in [-0.25, -0.2) is 9.37 Å². The molecular weight excluding hydrogens is 519 g/mol. The summed E-state index contributed by atoms with van der Waals surface area (Å²) in [5.74, 6) is -0.0912. The van der Waals surface area contributed by atoms with Crippen LogP contribution in [0.25, 0.3) is 0 Å². The highest BCUT2D eigenvalue weighted by Gasteiger charge is 2.44. The standard InChI is InChI=1S/C27H20ClFN2O3S2/c1-16-13-18(9-10-20(16)29)34-24-8-4-7-23(30-24)27(17-11-12-35-15-17)14-21(32)25(26(33)31-27)36-22-6-3-2-5-19(22)28/h2-13,15,32H,14H2,1H3,(H,31,33). The summed E-state index contributed by atoms with van der Waals surface area (Å²) in [6, 6.07) is 18.7. The summed E-state index contributed by atoms with van der Waals surface area (Å²) in [6.07, 6.45) is 0.0916. The number of hydrogen-bond donors (Lipinski definition) is 2. The summed E-state index contributed by atoms with van der Waals surface area (Å²) in [4.78, 5) is 18.9. The summed E-state index contributed by atoms with van der Waals surface area (Å²) in [5.41, 5.74) is 0.635. The molecule has 5 rings (SSSR count). The summed E-state index contributed by atoms with van der Waals surface area (Å²) in [6.45, 7) is 1.66.